The highest BCUT2D eigenvalue weighted by atomic mass is 35.5. The first kappa shape index (κ1) is 13.8. The van der Waals surface area contributed by atoms with E-state index >= 15 is 0 Å². The maximum atomic E-state index is 12.0. The molecule has 0 radical (unpaired) electrons. The van der Waals surface area contributed by atoms with Crippen LogP contribution in [-0.4, -0.2) is 23.4 Å². The van der Waals surface area contributed by atoms with Gasteiger partial charge in [0.25, 0.3) is 10.0 Å². The minimum atomic E-state index is -3.84. The Bertz CT molecular complexity index is 685. The minimum Gasteiger partial charge on any atom is -0.384 e. The number of pyridine rings is 1. The Kier molecular flexibility index (Phi) is 3.74. The quantitative estimate of drug-likeness (QED) is 0.656. The van der Waals surface area contributed by atoms with E-state index in [-0.39, 0.29) is 27.0 Å². The van der Waals surface area contributed by atoms with Crippen molar-refractivity contribution in [1.82, 2.24) is 15.0 Å². The number of aromatic nitrogens is 3. The van der Waals surface area contributed by atoms with E-state index in [1.54, 1.807) is 0 Å². The van der Waals surface area contributed by atoms with Gasteiger partial charge in [0.1, 0.15) is 21.7 Å². The van der Waals surface area contributed by atoms with Crippen molar-refractivity contribution in [2.75, 3.05) is 10.5 Å². The summed E-state index contributed by atoms with van der Waals surface area (Å²) in [5.41, 5.74) is 5.38. The van der Waals surface area contributed by atoms with E-state index in [1.807, 2.05) is 0 Å². The predicted molar refractivity (Wildman–Crippen MR) is 71.5 cm³/mol. The largest absolute Gasteiger partial charge is 0.384 e. The molecule has 0 spiro atoms. The van der Waals surface area contributed by atoms with Crippen LogP contribution in [0.4, 0.5) is 11.6 Å². The molecule has 2 rings (SSSR count). The Morgan fingerprint density at radius 1 is 1.21 bits per heavy atom. The fraction of sp³-hybridized carbons (Fsp3) is 0. The normalized spacial score (nSPS) is 11.3. The van der Waals surface area contributed by atoms with Crippen molar-refractivity contribution in [2.24, 2.45) is 0 Å². The van der Waals surface area contributed by atoms with E-state index in [0.29, 0.717) is 0 Å². The molecule has 7 nitrogen and oxygen atoms in total. The number of nitrogens with one attached hydrogen (secondary N) is 1. The van der Waals surface area contributed by atoms with Gasteiger partial charge in [0.05, 0.1) is 0 Å². The van der Waals surface area contributed by atoms with Crippen LogP contribution in [0.5, 0.6) is 0 Å². The minimum absolute atomic E-state index is 0.0214. The molecule has 100 valence electrons. The molecule has 0 aliphatic rings. The Labute approximate surface area is 118 Å². The summed E-state index contributed by atoms with van der Waals surface area (Å²) in [6.45, 7) is 0. The van der Waals surface area contributed by atoms with Crippen molar-refractivity contribution < 1.29 is 8.42 Å². The molecule has 0 bridgehead atoms. The van der Waals surface area contributed by atoms with Gasteiger partial charge >= 0.3 is 0 Å². The van der Waals surface area contributed by atoms with Gasteiger partial charge in [-0.15, -0.1) is 0 Å². The molecule has 10 heteroatoms. The number of sulfonamides is 1. The summed E-state index contributed by atoms with van der Waals surface area (Å²) in [5.74, 6) is 0.175. The van der Waals surface area contributed by atoms with Crippen LogP contribution in [-0.2, 0) is 10.0 Å². The maximum Gasteiger partial charge on any atom is 0.264 e. The Morgan fingerprint density at radius 2 is 1.95 bits per heavy atom. The van der Waals surface area contributed by atoms with Crippen LogP contribution in [0.15, 0.2) is 29.3 Å². The highest BCUT2D eigenvalue weighted by molar-refractivity contribution is 7.92. The zero-order valence-electron chi connectivity index (χ0n) is 9.21. The van der Waals surface area contributed by atoms with Gasteiger partial charge in [-0.25, -0.2) is 18.4 Å². The summed E-state index contributed by atoms with van der Waals surface area (Å²) in [5, 5.41) is -0.145. The summed E-state index contributed by atoms with van der Waals surface area (Å²) >= 11 is 11.2. The summed E-state index contributed by atoms with van der Waals surface area (Å²) < 4.78 is 26.2. The molecule has 0 saturated carbocycles. The fourth-order valence-corrected chi connectivity index (χ4v) is 2.53. The van der Waals surface area contributed by atoms with Gasteiger partial charge < -0.3 is 5.73 Å². The maximum absolute atomic E-state index is 12.0. The molecule has 0 aliphatic carbocycles. The summed E-state index contributed by atoms with van der Waals surface area (Å²) in [6, 6.07) is 3.92. The first-order valence-electron chi connectivity index (χ1n) is 4.81. The average molecular weight is 320 g/mol. The molecule has 3 N–H and O–H groups in total. The molecular formula is C9H7Cl2N5O2S. The molecule has 2 aromatic rings. The van der Waals surface area contributed by atoms with Crippen LogP contribution in [0.3, 0.4) is 0 Å². The van der Waals surface area contributed by atoms with Crippen LogP contribution in [0, 0.1) is 0 Å². The van der Waals surface area contributed by atoms with Crippen LogP contribution in [0.2, 0.25) is 10.4 Å². The second kappa shape index (κ2) is 5.16. The number of nitrogens with two attached hydrogens (primary N) is 1. The third-order valence-corrected chi connectivity index (χ3v) is 3.68. The predicted octanol–water partition coefficient (Wildman–Crippen LogP) is 1.56. The van der Waals surface area contributed by atoms with Gasteiger partial charge in [-0.3, -0.25) is 4.72 Å². The Hall–Kier alpha value is -1.64. The van der Waals surface area contributed by atoms with E-state index in [9.17, 15) is 8.42 Å². The van der Waals surface area contributed by atoms with Gasteiger partial charge in [-0.05, 0) is 23.7 Å². The molecule has 0 fully saturated rings. The lowest BCUT2D eigenvalue weighted by molar-refractivity contribution is 0.600. The van der Waals surface area contributed by atoms with Crippen molar-refractivity contribution in [3.05, 3.63) is 34.8 Å². The van der Waals surface area contributed by atoms with Gasteiger partial charge in [0.15, 0.2) is 0 Å². The van der Waals surface area contributed by atoms with Crippen molar-refractivity contribution in [3.8, 4) is 0 Å². The third-order valence-electron chi connectivity index (χ3n) is 1.98. The van der Waals surface area contributed by atoms with E-state index in [4.69, 9.17) is 28.9 Å². The molecule has 2 aromatic heterocycles. The van der Waals surface area contributed by atoms with Crippen LogP contribution >= 0.6 is 23.2 Å². The number of nitrogens with zero attached hydrogens (tertiary/aromatic N) is 3. The van der Waals surface area contributed by atoms with Crippen molar-refractivity contribution in [1.29, 1.82) is 0 Å². The van der Waals surface area contributed by atoms with Crippen LogP contribution in [0.1, 0.15) is 0 Å². The average Bonchev–Trinajstić information content (AvgIpc) is 2.27. The van der Waals surface area contributed by atoms with Crippen LogP contribution in [0.25, 0.3) is 0 Å². The van der Waals surface area contributed by atoms with Crippen LogP contribution < -0.4 is 10.5 Å². The molecule has 0 amide bonds. The molecule has 0 aromatic carbocycles. The lowest BCUT2D eigenvalue weighted by Crippen LogP contribution is -2.14. The SMILES string of the molecule is Nc1ccc(S(=O)(=O)Nc2cc(Cl)nc(Cl)n2)cn1. The highest BCUT2D eigenvalue weighted by Crippen LogP contribution is 2.18. The van der Waals surface area contributed by atoms with Crippen molar-refractivity contribution >= 4 is 44.9 Å². The van der Waals surface area contributed by atoms with Gasteiger partial charge in [-0.1, -0.05) is 11.6 Å². The molecule has 0 aliphatic heterocycles. The van der Waals surface area contributed by atoms with E-state index in [2.05, 4.69) is 19.7 Å². The monoisotopic (exact) mass is 319 g/mol. The van der Waals surface area contributed by atoms with Gasteiger partial charge in [0.2, 0.25) is 5.28 Å². The first-order valence-corrected chi connectivity index (χ1v) is 7.05. The highest BCUT2D eigenvalue weighted by Gasteiger charge is 2.16. The number of rotatable bonds is 3. The number of hydrogen-bond donors (Lipinski definition) is 2. The number of hydrogen-bond acceptors (Lipinski definition) is 6. The van der Waals surface area contributed by atoms with Crippen molar-refractivity contribution in [3.63, 3.8) is 0 Å². The van der Waals surface area contributed by atoms with E-state index in [0.717, 1.165) is 6.20 Å². The Balaban J connectivity index is 2.33. The zero-order valence-corrected chi connectivity index (χ0v) is 11.5. The van der Waals surface area contributed by atoms with Gasteiger partial charge in [-0.2, -0.15) is 4.98 Å². The van der Waals surface area contributed by atoms with E-state index < -0.39 is 10.0 Å². The molecule has 2 heterocycles. The lowest BCUT2D eigenvalue weighted by Gasteiger charge is -2.07. The smallest absolute Gasteiger partial charge is 0.264 e. The number of anilines is 2. The van der Waals surface area contributed by atoms with E-state index in [1.165, 1.54) is 18.2 Å². The number of halogens is 2. The number of nitrogen functional groups attached to an aromatic ring is 1. The molecule has 0 unspecified atom stereocenters. The summed E-state index contributed by atoms with van der Waals surface area (Å²) in [4.78, 5) is 10.9. The summed E-state index contributed by atoms with van der Waals surface area (Å²) in [6.07, 6.45) is 1.13. The first-order chi connectivity index (χ1) is 8.87. The molecular weight excluding hydrogens is 313 g/mol. The standard InChI is InChI=1S/C9H7Cl2N5O2S/c10-6-3-8(15-9(11)14-6)16-19(17,18)5-1-2-7(12)13-4-5/h1-4H,(H2,12,13)(H,14,15,16). The summed E-state index contributed by atoms with van der Waals surface area (Å²) in [7, 11) is -3.84. The second-order valence-corrected chi connectivity index (χ2v) is 5.78. The lowest BCUT2D eigenvalue weighted by atomic mass is 10.5. The van der Waals surface area contributed by atoms with Crippen molar-refractivity contribution in [2.45, 2.75) is 4.90 Å². The fourth-order valence-electron chi connectivity index (χ4n) is 1.19. The molecule has 19 heavy (non-hydrogen) atoms. The second-order valence-electron chi connectivity index (χ2n) is 3.37. The molecule has 0 saturated heterocycles. The molecule has 0 atom stereocenters. The van der Waals surface area contributed by atoms with Gasteiger partial charge in [0, 0.05) is 12.3 Å². The topological polar surface area (TPSA) is 111 Å². The Morgan fingerprint density at radius 3 is 2.53 bits per heavy atom. The third kappa shape index (κ3) is 3.43. The zero-order chi connectivity index (χ0) is 14.0.